The lowest BCUT2D eigenvalue weighted by molar-refractivity contribution is -0.395. The molecule has 8 heterocycles. The normalized spacial score (nSPS) is 54.4. The Hall–Kier alpha value is -2.80. The molecule has 45 nitrogen and oxygen atoms in total. The van der Waals surface area contributed by atoms with E-state index in [0.717, 1.165) is 11.9 Å². The molecular formula is C78H126O45. The highest BCUT2D eigenvalue weighted by Crippen LogP contribution is 2.76. The first-order valence-electron chi connectivity index (χ1n) is 42.0. The maximum atomic E-state index is 15.8. The standard InChI is InChI=1S/C78H126O45/c1-73(2)13-14-78(72(107)123-71-57(106)63(47(96)35(24-86)115-71)122-70-56(105)62(46(95)34(23-85)114-70)121-69-55(104)61(45(94)33(22-84)113-69)120-68-54(103)60(44(93)32(21-83)112-68)118-65-51(100)49(98)41(90)29(18-80)109-65)27(15-73)26-7-8-37-74(3)11-10-39(75(4,25-87)36(74)9-12-76(37,5)77(26,6)16-38(78)88)116-66-52(101)58(42(91)30(19-81)110-66)119-67-53(102)59(43(92)31(20-82)111-67)117-64-50(99)48(97)40(89)28(17-79)108-64/h7,25,27-71,79-86,88-106H,8-24H2,1-6H3. The van der Waals surface area contributed by atoms with Gasteiger partial charge >= 0.3 is 5.97 Å². The van der Waals surface area contributed by atoms with Gasteiger partial charge in [0.05, 0.1) is 70.5 Å². The van der Waals surface area contributed by atoms with Crippen molar-refractivity contribution in [3.63, 3.8) is 0 Å². The summed E-state index contributed by atoms with van der Waals surface area (Å²) in [7, 11) is 0. The summed E-state index contributed by atoms with van der Waals surface area (Å²) in [6.07, 6.45) is -75.5. The van der Waals surface area contributed by atoms with Gasteiger partial charge in [-0.1, -0.05) is 53.2 Å². The second kappa shape index (κ2) is 38.1. The van der Waals surface area contributed by atoms with Crippen LogP contribution in [0.1, 0.15) is 99.3 Å². The van der Waals surface area contributed by atoms with Crippen molar-refractivity contribution in [3.8, 4) is 0 Å². The quantitative estimate of drug-likeness (QED) is 0.0175. The van der Waals surface area contributed by atoms with E-state index in [2.05, 4.69) is 26.8 Å². The molecule has 0 spiro atoms. The van der Waals surface area contributed by atoms with Gasteiger partial charge in [-0.3, -0.25) is 4.79 Å². The zero-order valence-electron chi connectivity index (χ0n) is 68.6. The number of ether oxygens (including phenoxy) is 16. The Kier molecular flexibility index (Phi) is 30.2. The number of carbonyl (C=O) groups is 2. The largest absolute Gasteiger partial charge is 0.432 e. The van der Waals surface area contributed by atoms with Crippen LogP contribution in [0, 0.1) is 50.2 Å². The number of esters is 1. The minimum absolute atomic E-state index is 0.0157. The van der Waals surface area contributed by atoms with Crippen molar-refractivity contribution in [3.05, 3.63) is 11.6 Å². The molecule has 0 bridgehead atoms. The second-order valence-corrected chi connectivity index (χ2v) is 37.3. The number of hydrogen-bond donors (Lipinski definition) is 27. The van der Waals surface area contributed by atoms with Crippen LogP contribution in [0.2, 0.25) is 0 Å². The van der Waals surface area contributed by atoms with Crippen molar-refractivity contribution in [2.75, 3.05) is 52.9 Å². The van der Waals surface area contributed by atoms with Crippen LogP contribution in [-0.2, 0) is 85.4 Å². The van der Waals surface area contributed by atoms with Gasteiger partial charge in [0.1, 0.15) is 207 Å². The van der Waals surface area contributed by atoms with E-state index in [1.165, 1.54) is 0 Å². The molecule has 27 N–H and O–H groups in total. The molecule has 0 aromatic heterocycles. The molecule has 0 radical (unpaired) electrons. The summed E-state index contributed by atoms with van der Waals surface area (Å²) in [5.74, 6) is -2.47. The molecule has 8 aliphatic heterocycles. The number of aldehydes is 1. The van der Waals surface area contributed by atoms with Gasteiger partial charge in [-0.05, 0) is 97.2 Å². The molecule has 708 valence electrons. The zero-order valence-corrected chi connectivity index (χ0v) is 68.6. The molecule has 13 aliphatic rings. The average Bonchev–Trinajstić information content (AvgIpc) is 0.668. The van der Waals surface area contributed by atoms with Crippen molar-refractivity contribution in [1.82, 2.24) is 0 Å². The first-order chi connectivity index (χ1) is 58.0. The van der Waals surface area contributed by atoms with Crippen molar-refractivity contribution in [2.45, 2.75) is 357 Å². The Morgan fingerprint density at radius 1 is 0.358 bits per heavy atom. The molecule has 5 aliphatic carbocycles. The van der Waals surface area contributed by atoms with Crippen molar-refractivity contribution in [2.24, 2.45) is 50.2 Å². The van der Waals surface area contributed by atoms with Crippen molar-refractivity contribution >= 4 is 12.3 Å². The Balaban J connectivity index is 0.694. The number of carbonyl (C=O) groups excluding carboxylic acids is 2. The van der Waals surface area contributed by atoms with Crippen LogP contribution in [0.5, 0.6) is 0 Å². The number of fused-ring (bicyclic) bond motifs is 7. The summed E-state index contributed by atoms with van der Waals surface area (Å²) in [6, 6.07) is 0. The molecule has 13 rings (SSSR count). The topological polar surface area (TPSA) is 728 Å². The lowest BCUT2D eigenvalue weighted by Crippen LogP contribution is -2.69. The van der Waals surface area contributed by atoms with Gasteiger partial charge < -0.3 is 218 Å². The third-order valence-electron chi connectivity index (χ3n) is 29.9. The van der Waals surface area contributed by atoms with E-state index in [-0.39, 0.29) is 25.2 Å². The van der Waals surface area contributed by atoms with E-state index in [9.17, 15) is 143 Å². The molecule has 0 aromatic rings. The number of aliphatic hydroxyl groups is 27. The molecule has 0 aromatic carbocycles. The minimum Gasteiger partial charge on any atom is -0.432 e. The maximum Gasteiger partial charge on any atom is 0.317 e. The van der Waals surface area contributed by atoms with E-state index in [1.807, 2.05) is 13.8 Å². The summed E-state index contributed by atoms with van der Waals surface area (Å²) in [5.41, 5.74) is -4.98. The highest BCUT2D eigenvalue weighted by Gasteiger charge is 2.74. The number of hydrogen-bond acceptors (Lipinski definition) is 45. The second-order valence-electron chi connectivity index (χ2n) is 37.3. The first kappa shape index (κ1) is 97.7. The molecule has 50 atom stereocenters. The van der Waals surface area contributed by atoms with Crippen LogP contribution in [0.15, 0.2) is 11.6 Å². The van der Waals surface area contributed by atoms with E-state index in [1.54, 1.807) is 6.92 Å². The predicted octanol–water partition coefficient (Wildman–Crippen LogP) is -12.6. The SMILES string of the molecule is CC1(C)CCC2(C(=O)OC3OC(CO)C(O)C(OC4OC(CO)C(O)C(OC5OC(CO)C(O)C(OC6OC(CO)C(O)C(OC7OC(CO)C(O)C(O)C7O)C6O)C5O)C4O)C3O)C(O)CC3(C)C(=CCC4C5(C)CCC(OC6OC(CO)C(O)C(OC7OC(CO)C(O)C(OC8OC(CO)C(O)C(O)C8O)C7O)C6O)C(C)(C=O)C5CCC43C)C2C1. The highest BCUT2D eigenvalue weighted by molar-refractivity contribution is 5.80. The lowest BCUT2D eigenvalue weighted by atomic mass is 9.33. The van der Waals surface area contributed by atoms with Crippen LogP contribution in [-0.4, -0.2) is 461 Å². The fourth-order valence-corrected chi connectivity index (χ4v) is 22.4. The molecule has 8 saturated heterocycles. The minimum atomic E-state index is -2.32. The van der Waals surface area contributed by atoms with E-state index in [4.69, 9.17) is 75.8 Å². The number of allylic oxidation sites excluding steroid dienone is 2. The molecule has 45 heteroatoms. The Bertz CT molecular complexity index is 3540. The van der Waals surface area contributed by atoms with Gasteiger partial charge in [0.15, 0.2) is 44.0 Å². The van der Waals surface area contributed by atoms with Crippen molar-refractivity contribution < 1.29 is 223 Å². The smallest absolute Gasteiger partial charge is 0.317 e. The van der Waals surface area contributed by atoms with Crippen LogP contribution in [0.4, 0.5) is 0 Å². The van der Waals surface area contributed by atoms with E-state index >= 15 is 4.79 Å². The molecular weight excluding hydrogens is 1660 g/mol. The zero-order chi connectivity index (χ0) is 89.9. The first-order valence-corrected chi connectivity index (χ1v) is 42.0. The molecule has 4 saturated carbocycles. The van der Waals surface area contributed by atoms with Gasteiger partial charge in [0.25, 0.3) is 0 Å². The molecule has 0 amide bonds. The summed E-state index contributed by atoms with van der Waals surface area (Å²) in [5, 5.41) is 299. The third kappa shape index (κ3) is 17.1. The Morgan fingerprint density at radius 2 is 0.667 bits per heavy atom. The summed E-state index contributed by atoms with van der Waals surface area (Å²) in [6.45, 7) is 4.31. The average molecular weight is 1780 g/mol. The van der Waals surface area contributed by atoms with E-state index in [0.29, 0.717) is 38.5 Å². The fourth-order valence-electron chi connectivity index (χ4n) is 22.4. The van der Waals surface area contributed by atoms with Crippen LogP contribution in [0.3, 0.4) is 0 Å². The van der Waals surface area contributed by atoms with Gasteiger partial charge in [-0.15, -0.1) is 0 Å². The fraction of sp³-hybridized carbons (Fsp3) is 0.949. The molecule has 123 heavy (non-hydrogen) atoms. The van der Waals surface area contributed by atoms with Crippen LogP contribution in [0.25, 0.3) is 0 Å². The third-order valence-corrected chi connectivity index (χ3v) is 29.9. The van der Waals surface area contributed by atoms with Gasteiger partial charge in [-0.25, -0.2) is 0 Å². The summed E-state index contributed by atoms with van der Waals surface area (Å²) < 4.78 is 93.7. The van der Waals surface area contributed by atoms with E-state index < -0.39 is 361 Å². The van der Waals surface area contributed by atoms with Crippen molar-refractivity contribution in [1.29, 1.82) is 0 Å². The molecule has 12 fully saturated rings. The van der Waals surface area contributed by atoms with Crippen LogP contribution < -0.4 is 0 Å². The summed E-state index contributed by atoms with van der Waals surface area (Å²) >= 11 is 0. The molecule has 50 unspecified atom stereocenters. The lowest BCUT2D eigenvalue weighted by Gasteiger charge is -2.71. The highest BCUT2D eigenvalue weighted by atomic mass is 16.8. The number of rotatable bonds is 25. The predicted molar refractivity (Wildman–Crippen MR) is 395 cm³/mol. The Morgan fingerprint density at radius 3 is 1.00 bits per heavy atom. The van der Waals surface area contributed by atoms with Crippen LogP contribution >= 0.6 is 0 Å². The Labute approximate surface area is 705 Å². The van der Waals surface area contributed by atoms with Gasteiger partial charge in [0.2, 0.25) is 6.29 Å². The monoisotopic (exact) mass is 1780 g/mol. The maximum absolute atomic E-state index is 15.8. The van der Waals surface area contributed by atoms with Gasteiger partial charge in [0, 0.05) is 0 Å². The van der Waals surface area contributed by atoms with Gasteiger partial charge in [-0.2, -0.15) is 0 Å². The summed E-state index contributed by atoms with van der Waals surface area (Å²) in [4.78, 5) is 29.9. The number of aliphatic hydroxyl groups excluding tert-OH is 27.